The topological polar surface area (TPSA) is 79.5 Å². The van der Waals surface area contributed by atoms with Gasteiger partial charge in [-0.3, -0.25) is 4.79 Å². The number of benzene rings is 1. The molecule has 0 bridgehead atoms. The number of thioether (sulfide) groups is 1. The number of ether oxygens (including phenoxy) is 1. The molecule has 2 heterocycles. The summed E-state index contributed by atoms with van der Waals surface area (Å²) in [6, 6.07) is 8.18. The van der Waals surface area contributed by atoms with Gasteiger partial charge >= 0.3 is 6.03 Å². The van der Waals surface area contributed by atoms with Crippen LogP contribution in [0, 0.1) is 0 Å². The predicted molar refractivity (Wildman–Crippen MR) is 98.8 cm³/mol. The molecule has 3 N–H and O–H groups in total. The number of hydrogen-bond acceptors (Lipinski definition) is 4. The second kappa shape index (κ2) is 8.47. The van der Waals surface area contributed by atoms with Gasteiger partial charge in [0.05, 0.1) is 19.2 Å². The fraction of sp³-hybridized carbons (Fsp3) is 0.556. The normalized spacial score (nSPS) is 24.4. The Morgan fingerprint density at radius 2 is 2.08 bits per heavy atom. The molecule has 0 radical (unpaired) electrons. The summed E-state index contributed by atoms with van der Waals surface area (Å²) in [5, 5.41) is 9.37. The first-order chi connectivity index (χ1) is 12.2. The van der Waals surface area contributed by atoms with Crippen molar-refractivity contribution in [3.63, 3.8) is 0 Å². The van der Waals surface area contributed by atoms with E-state index in [2.05, 4.69) is 16.0 Å². The zero-order valence-corrected chi connectivity index (χ0v) is 15.2. The summed E-state index contributed by atoms with van der Waals surface area (Å²) in [4.78, 5) is 23.3. The Kier molecular flexibility index (Phi) is 6.07. The number of rotatable bonds is 8. The number of methoxy groups -OCH3 is 1. The van der Waals surface area contributed by atoms with Crippen LogP contribution in [-0.2, 0) is 11.3 Å². The van der Waals surface area contributed by atoms with Crippen LogP contribution in [0.25, 0.3) is 0 Å². The summed E-state index contributed by atoms with van der Waals surface area (Å²) in [6.45, 7) is 0.544. The molecule has 25 heavy (non-hydrogen) atoms. The molecular weight excluding hydrogens is 338 g/mol. The second-order valence-corrected chi connectivity index (χ2v) is 7.76. The van der Waals surface area contributed by atoms with E-state index in [-0.39, 0.29) is 24.0 Å². The van der Waals surface area contributed by atoms with Gasteiger partial charge in [0.2, 0.25) is 5.91 Å². The standard InChI is InChI=1S/C18H25N3O3S/c1-24-13-8-6-12(7-9-13)10-19-16(22)5-3-2-4-15-17-14(11-25-15)20-18(23)21-17/h6-9,14-15,17H,2-5,10-11H2,1H3,(H,19,22)(H2,20,21,23). The largest absolute Gasteiger partial charge is 0.497 e. The summed E-state index contributed by atoms with van der Waals surface area (Å²) < 4.78 is 5.12. The lowest BCUT2D eigenvalue weighted by molar-refractivity contribution is -0.121. The molecule has 0 spiro atoms. The lowest BCUT2D eigenvalue weighted by atomic mass is 10.0. The van der Waals surface area contributed by atoms with Crippen LogP contribution >= 0.6 is 11.8 Å². The number of urea groups is 1. The third-order valence-electron chi connectivity index (χ3n) is 4.73. The summed E-state index contributed by atoms with van der Waals surface area (Å²) in [7, 11) is 1.64. The molecule has 1 aromatic carbocycles. The highest BCUT2D eigenvalue weighted by Gasteiger charge is 2.42. The first-order valence-corrected chi connectivity index (χ1v) is 9.79. The van der Waals surface area contributed by atoms with Crippen LogP contribution < -0.4 is 20.7 Å². The average molecular weight is 363 g/mol. The minimum absolute atomic E-state index is 0.0433. The van der Waals surface area contributed by atoms with Gasteiger partial charge in [0, 0.05) is 24.0 Å². The van der Waals surface area contributed by atoms with E-state index in [9.17, 15) is 9.59 Å². The smallest absolute Gasteiger partial charge is 0.315 e. The van der Waals surface area contributed by atoms with Crippen LogP contribution in [0.3, 0.4) is 0 Å². The quantitative estimate of drug-likeness (QED) is 0.488. The Morgan fingerprint density at radius 3 is 2.84 bits per heavy atom. The lowest BCUT2D eigenvalue weighted by Gasteiger charge is -2.16. The van der Waals surface area contributed by atoms with Gasteiger partial charge in [0.25, 0.3) is 0 Å². The van der Waals surface area contributed by atoms with Crippen LogP contribution in [0.15, 0.2) is 24.3 Å². The van der Waals surface area contributed by atoms with Crippen LogP contribution in [0.1, 0.15) is 31.2 Å². The average Bonchev–Trinajstić information content (AvgIpc) is 3.17. The lowest BCUT2D eigenvalue weighted by Crippen LogP contribution is -2.36. The van der Waals surface area contributed by atoms with E-state index in [0.717, 1.165) is 36.3 Å². The van der Waals surface area contributed by atoms with E-state index in [4.69, 9.17) is 4.74 Å². The van der Waals surface area contributed by atoms with Crippen LogP contribution in [0.2, 0.25) is 0 Å². The van der Waals surface area contributed by atoms with Gasteiger partial charge in [-0.15, -0.1) is 0 Å². The van der Waals surface area contributed by atoms with Gasteiger partial charge < -0.3 is 20.7 Å². The Balaban J connectivity index is 1.29. The number of fused-ring (bicyclic) bond motifs is 1. The van der Waals surface area contributed by atoms with Crippen molar-refractivity contribution in [1.29, 1.82) is 0 Å². The van der Waals surface area contributed by atoms with Gasteiger partial charge in [-0.2, -0.15) is 11.8 Å². The maximum atomic E-state index is 12.0. The number of hydrogen-bond donors (Lipinski definition) is 3. The van der Waals surface area contributed by atoms with Gasteiger partial charge in [-0.1, -0.05) is 18.6 Å². The molecule has 3 amide bonds. The first-order valence-electron chi connectivity index (χ1n) is 8.74. The molecule has 2 aliphatic rings. The zero-order chi connectivity index (χ0) is 17.6. The van der Waals surface area contributed by atoms with E-state index < -0.39 is 0 Å². The SMILES string of the molecule is COc1ccc(CNC(=O)CCCCC2SCC3NC(=O)NC32)cc1. The monoisotopic (exact) mass is 363 g/mol. The molecule has 1 aromatic rings. The van der Waals surface area contributed by atoms with Crippen molar-refractivity contribution in [1.82, 2.24) is 16.0 Å². The number of carbonyl (C=O) groups excluding carboxylic acids is 2. The second-order valence-electron chi connectivity index (χ2n) is 6.49. The van der Waals surface area contributed by atoms with Crippen molar-refractivity contribution in [3.8, 4) is 5.75 Å². The number of unbranched alkanes of at least 4 members (excludes halogenated alkanes) is 1. The minimum atomic E-state index is -0.0433. The Morgan fingerprint density at radius 1 is 1.28 bits per heavy atom. The molecule has 2 fully saturated rings. The highest BCUT2D eigenvalue weighted by Crippen LogP contribution is 2.33. The molecular formula is C18H25N3O3S. The van der Waals surface area contributed by atoms with E-state index in [1.165, 1.54) is 0 Å². The number of amides is 3. The maximum Gasteiger partial charge on any atom is 0.315 e. The Labute approximate surface area is 152 Å². The zero-order valence-electron chi connectivity index (χ0n) is 14.4. The van der Waals surface area contributed by atoms with E-state index in [0.29, 0.717) is 18.2 Å². The Bertz CT molecular complexity index is 608. The third-order valence-corrected chi connectivity index (χ3v) is 6.24. The van der Waals surface area contributed by atoms with Crippen molar-refractivity contribution in [2.45, 2.75) is 49.6 Å². The van der Waals surface area contributed by atoms with Gasteiger partial charge in [0.15, 0.2) is 0 Å². The molecule has 3 rings (SSSR count). The molecule has 0 aromatic heterocycles. The van der Waals surface area contributed by atoms with Crippen LogP contribution in [0.5, 0.6) is 5.75 Å². The van der Waals surface area contributed by atoms with Crippen molar-refractivity contribution in [2.75, 3.05) is 12.9 Å². The summed E-state index contributed by atoms with van der Waals surface area (Å²) in [6.07, 6.45) is 3.47. The first kappa shape index (κ1) is 17.9. The van der Waals surface area contributed by atoms with E-state index in [1.807, 2.05) is 36.0 Å². The molecule has 0 saturated carbocycles. The fourth-order valence-electron chi connectivity index (χ4n) is 3.31. The van der Waals surface area contributed by atoms with E-state index in [1.54, 1.807) is 7.11 Å². The minimum Gasteiger partial charge on any atom is -0.497 e. The highest BCUT2D eigenvalue weighted by molar-refractivity contribution is 8.00. The number of nitrogens with one attached hydrogen (secondary N) is 3. The highest BCUT2D eigenvalue weighted by atomic mass is 32.2. The molecule has 3 unspecified atom stereocenters. The molecule has 136 valence electrons. The maximum absolute atomic E-state index is 12.0. The van der Waals surface area contributed by atoms with Gasteiger partial charge in [-0.25, -0.2) is 4.79 Å². The molecule has 2 aliphatic heterocycles. The summed E-state index contributed by atoms with van der Waals surface area (Å²) >= 11 is 1.92. The van der Waals surface area contributed by atoms with Crippen LogP contribution in [0.4, 0.5) is 4.79 Å². The fourth-order valence-corrected chi connectivity index (χ4v) is 4.85. The molecule has 2 saturated heterocycles. The van der Waals surface area contributed by atoms with Crippen molar-refractivity contribution < 1.29 is 14.3 Å². The van der Waals surface area contributed by atoms with Crippen molar-refractivity contribution in [2.24, 2.45) is 0 Å². The molecule has 0 aliphatic carbocycles. The van der Waals surface area contributed by atoms with Crippen molar-refractivity contribution in [3.05, 3.63) is 29.8 Å². The Hall–Kier alpha value is -1.89. The predicted octanol–water partition coefficient (Wildman–Crippen LogP) is 2.04. The molecule has 7 heteroatoms. The molecule has 6 nitrogen and oxygen atoms in total. The summed E-state index contributed by atoms with van der Waals surface area (Å²) in [5.41, 5.74) is 1.06. The molecule has 3 atom stereocenters. The number of carbonyl (C=O) groups is 2. The van der Waals surface area contributed by atoms with E-state index >= 15 is 0 Å². The van der Waals surface area contributed by atoms with Crippen molar-refractivity contribution >= 4 is 23.7 Å². The van der Waals surface area contributed by atoms with Gasteiger partial charge in [0.1, 0.15) is 5.75 Å². The van der Waals surface area contributed by atoms with Gasteiger partial charge in [-0.05, 0) is 30.5 Å². The third kappa shape index (κ3) is 4.81. The summed E-state index contributed by atoms with van der Waals surface area (Å²) in [5.74, 6) is 1.88. The van der Waals surface area contributed by atoms with Crippen LogP contribution in [-0.4, -0.2) is 42.1 Å².